The maximum absolute atomic E-state index is 12.4. The number of benzene rings is 2. The van der Waals surface area contributed by atoms with E-state index in [1.807, 2.05) is 0 Å². The molecule has 188 valence electrons. The van der Waals surface area contributed by atoms with Crippen LogP contribution in [0.3, 0.4) is 0 Å². The zero-order chi connectivity index (χ0) is 25.1. The van der Waals surface area contributed by atoms with Gasteiger partial charge in [-0.05, 0) is 61.7 Å². The molecule has 0 bridgehead atoms. The van der Waals surface area contributed by atoms with Crippen LogP contribution in [0, 0.1) is 5.92 Å². The van der Waals surface area contributed by atoms with Gasteiger partial charge in [0.1, 0.15) is 17.1 Å². The standard InChI is InChI=1S/C25H24Cl2F2N6O/c26-18-4-1-5-19(27)21(18)23-33-20-13-32-25(31-12-15-6-8-17(9-7-15)36-24(28)29)34-22(20)35(23)14-16-3-2-10-30-11-16/h1,4-9,13,16,24,30H,2-3,10-12,14H2,(H,31,32,34)/t16-/m1/s1. The van der Waals surface area contributed by atoms with Crippen LogP contribution in [0.1, 0.15) is 18.4 Å². The molecule has 4 aromatic rings. The Balaban J connectivity index is 1.45. The third-order valence-corrected chi connectivity index (χ3v) is 6.74. The third kappa shape index (κ3) is 5.53. The molecule has 2 N–H and O–H groups in total. The fourth-order valence-corrected chi connectivity index (χ4v) is 4.95. The van der Waals surface area contributed by atoms with E-state index in [1.54, 1.807) is 36.5 Å². The Kier molecular flexibility index (Phi) is 7.50. The van der Waals surface area contributed by atoms with Crippen molar-refractivity contribution in [1.82, 2.24) is 24.8 Å². The second kappa shape index (κ2) is 10.9. The van der Waals surface area contributed by atoms with Crippen LogP contribution in [-0.2, 0) is 13.1 Å². The second-order valence-electron chi connectivity index (χ2n) is 8.63. The molecule has 0 spiro atoms. The average molecular weight is 533 g/mol. The lowest BCUT2D eigenvalue weighted by Crippen LogP contribution is -2.32. The number of alkyl halides is 2. The summed E-state index contributed by atoms with van der Waals surface area (Å²) in [5, 5.41) is 7.70. The quantitative estimate of drug-likeness (QED) is 0.289. The summed E-state index contributed by atoms with van der Waals surface area (Å²) < 4.78 is 31.2. The van der Waals surface area contributed by atoms with E-state index in [1.165, 1.54) is 12.1 Å². The largest absolute Gasteiger partial charge is 0.435 e. The molecule has 0 saturated carbocycles. The lowest BCUT2D eigenvalue weighted by molar-refractivity contribution is -0.0498. The number of hydrogen-bond acceptors (Lipinski definition) is 6. The van der Waals surface area contributed by atoms with Gasteiger partial charge in [0.2, 0.25) is 5.95 Å². The normalized spacial score (nSPS) is 16.0. The molecule has 1 fully saturated rings. The predicted octanol–water partition coefficient (Wildman–Crippen LogP) is 6.01. The van der Waals surface area contributed by atoms with Crippen LogP contribution in [-0.4, -0.2) is 39.2 Å². The summed E-state index contributed by atoms with van der Waals surface area (Å²) in [4.78, 5) is 14.0. The lowest BCUT2D eigenvalue weighted by atomic mass is 9.99. The number of anilines is 1. The van der Waals surface area contributed by atoms with Crippen molar-refractivity contribution in [3.05, 3.63) is 64.3 Å². The number of nitrogens with one attached hydrogen (secondary N) is 2. The fraction of sp³-hybridized carbons (Fsp3) is 0.320. The smallest absolute Gasteiger partial charge is 0.387 e. The van der Waals surface area contributed by atoms with Crippen LogP contribution in [0.25, 0.3) is 22.6 Å². The van der Waals surface area contributed by atoms with Gasteiger partial charge in [0.15, 0.2) is 5.65 Å². The summed E-state index contributed by atoms with van der Waals surface area (Å²) in [7, 11) is 0. The van der Waals surface area contributed by atoms with Crippen molar-refractivity contribution in [1.29, 1.82) is 0 Å². The zero-order valence-corrected chi connectivity index (χ0v) is 20.7. The number of ether oxygens (including phenoxy) is 1. The van der Waals surface area contributed by atoms with Crippen molar-refractivity contribution in [2.45, 2.75) is 32.5 Å². The van der Waals surface area contributed by atoms with E-state index in [0.29, 0.717) is 57.6 Å². The van der Waals surface area contributed by atoms with Crippen molar-refractivity contribution in [2.24, 2.45) is 5.92 Å². The summed E-state index contributed by atoms with van der Waals surface area (Å²) in [5.41, 5.74) is 2.86. The van der Waals surface area contributed by atoms with Crippen LogP contribution >= 0.6 is 23.2 Å². The van der Waals surface area contributed by atoms with E-state index in [2.05, 4.69) is 24.9 Å². The van der Waals surface area contributed by atoms with Crippen LogP contribution in [0.2, 0.25) is 10.0 Å². The van der Waals surface area contributed by atoms with E-state index in [4.69, 9.17) is 33.2 Å². The Morgan fingerprint density at radius 3 is 2.58 bits per heavy atom. The molecule has 0 unspecified atom stereocenters. The number of halogens is 4. The molecule has 2 aromatic heterocycles. The van der Waals surface area contributed by atoms with Crippen LogP contribution in [0.5, 0.6) is 5.75 Å². The summed E-state index contributed by atoms with van der Waals surface area (Å²) in [5.74, 6) is 1.61. The maximum Gasteiger partial charge on any atom is 0.387 e. The maximum atomic E-state index is 12.4. The molecule has 1 atom stereocenters. The van der Waals surface area contributed by atoms with Crippen molar-refractivity contribution in [2.75, 3.05) is 18.4 Å². The first kappa shape index (κ1) is 24.7. The number of imidazole rings is 1. The minimum Gasteiger partial charge on any atom is -0.435 e. The average Bonchev–Trinajstić information content (AvgIpc) is 3.21. The molecule has 7 nitrogen and oxygen atoms in total. The Morgan fingerprint density at radius 1 is 1.11 bits per heavy atom. The molecular formula is C25H24Cl2F2N6O. The van der Waals surface area contributed by atoms with Crippen LogP contribution in [0.4, 0.5) is 14.7 Å². The van der Waals surface area contributed by atoms with Gasteiger partial charge in [0, 0.05) is 13.1 Å². The zero-order valence-electron chi connectivity index (χ0n) is 19.2. The monoisotopic (exact) mass is 532 g/mol. The molecule has 3 heterocycles. The van der Waals surface area contributed by atoms with Gasteiger partial charge in [-0.25, -0.2) is 9.97 Å². The Bertz CT molecular complexity index is 1320. The molecule has 36 heavy (non-hydrogen) atoms. The molecule has 5 rings (SSSR count). The highest BCUT2D eigenvalue weighted by Crippen LogP contribution is 2.36. The SMILES string of the molecule is FC(F)Oc1ccc(CNc2ncc3nc(-c4c(Cl)cccc4Cl)n(C[C@@H]4CCCNC4)c3n2)cc1. The molecular weight excluding hydrogens is 509 g/mol. The van der Waals surface area contributed by atoms with Crippen LogP contribution in [0.15, 0.2) is 48.7 Å². The summed E-state index contributed by atoms with van der Waals surface area (Å²) >= 11 is 13.1. The summed E-state index contributed by atoms with van der Waals surface area (Å²) in [6, 6.07) is 11.8. The Hall–Kier alpha value is -3.01. The highest BCUT2D eigenvalue weighted by molar-refractivity contribution is 6.39. The predicted molar refractivity (Wildman–Crippen MR) is 137 cm³/mol. The van der Waals surface area contributed by atoms with Crippen molar-refractivity contribution in [3.8, 4) is 17.1 Å². The van der Waals surface area contributed by atoms with Gasteiger partial charge in [-0.15, -0.1) is 0 Å². The molecule has 0 radical (unpaired) electrons. The van der Waals surface area contributed by atoms with Gasteiger partial charge in [0.05, 0.1) is 21.8 Å². The van der Waals surface area contributed by atoms with Crippen molar-refractivity contribution in [3.63, 3.8) is 0 Å². The van der Waals surface area contributed by atoms with E-state index in [0.717, 1.165) is 31.5 Å². The summed E-state index contributed by atoms with van der Waals surface area (Å²) in [6.07, 6.45) is 3.89. The first-order valence-electron chi connectivity index (χ1n) is 11.6. The topological polar surface area (TPSA) is 76.9 Å². The van der Waals surface area contributed by atoms with E-state index < -0.39 is 6.61 Å². The second-order valence-corrected chi connectivity index (χ2v) is 9.45. The van der Waals surface area contributed by atoms with E-state index in [-0.39, 0.29) is 5.75 Å². The minimum atomic E-state index is -2.85. The van der Waals surface area contributed by atoms with Crippen LogP contribution < -0.4 is 15.4 Å². The first-order chi connectivity index (χ1) is 17.5. The van der Waals surface area contributed by atoms with Crippen molar-refractivity contribution >= 4 is 40.3 Å². The van der Waals surface area contributed by atoms with E-state index in [9.17, 15) is 8.78 Å². The van der Waals surface area contributed by atoms with Gasteiger partial charge in [0.25, 0.3) is 0 Å². The summed E-state index contributed by atoms with van der Waals surface area (Å²) in [6.45, 7) is 0.202. The Labute approximate surface area is 216 Å². The molecule has 1 aliphatic rings. The van der Waals surface area contributed by atoms with Gasteiger partial charge in [-0.1, -0.05) is 41.4 Å². The molecule has 2 aromatic carbocycles. The number of hydrogen-bond donors (Lipinski definition) is 2. The van der Waals surface area contributed by atoms with Gasteiger partial charge >= 0.3 is 6.61 Å². The lowest BCUT2D eigenvalue weighted by Gasteiger charge is -2.24. The van der Waals surface area contributed by atoms with Gasteiger partial charge in [-0.2, -0.15) is 13.8 Å². The van der Waals surface area contributed by atoms with E-state index >= 15 is 0 Å². The minimum absolute atomic E-state index is 0.110. The molecule has 1 aliphatic heterocycles. The third-order valence-electron chi connectivity index (χ3n) is 6.11. The number of rotatable bonds is 8. The number of nitrogens with zero attached hydrogens (tertiary/aromatic N) is 4. The number of piperidine rings is 1. The number of aromatic nitrogens is 4. The number of fused-ring (bicyclic) bond motifs is 1. The van der Waals surface area contributed by atoms with Crippen molar-refractivity contribution < 1.29 is 13.5 Å². The van der Waals surface area contributed by atoms with Gasteiger partial charge in [-0.3, -0.25) is 0 Å². The first-order valence-corrected chi connectivity index (χ1v) is 12.4. The highest BCUT2D eigenvalue weighted by atomic mass is 35.5. The molecule has 0 aliphatic carbocycles. The molecule has 0 amide bonds. The fourth-order valence-electron chi connectivity index (χ4n) is 4.39. The Morgan fingerprint density at radius 2 is 1.89 bits per heavy atom. The molecule has 11 heteroatoms. The highest BCUT2D eigenvalue weighted by Gasteiger charge is 2.23. The molecule has 1 saturated heterocycles. The van der Waals surface area contributed by atoms with Gasteiger partial charge < -0.3 is 19.9 Å².